The molecule has 0 atom stereocenters. The van der Waals surface area contributed by atoms with E-state index in [4.69, 9.17) is 19.4 Å². The molecule has 69 heavy (non-hydrogen) atoms. The number of hydrogen-bond donors (Lipinski definition) is 0. The van der Waals surface area contributed by atoms with Gasteiger partial charge in [-0.25, -0.2) is 15.0 Å². The fraction of sp³-hybridized carbons (Fsp3) is 0. The number of nitrogens with zero attached hydrogens (tertiary/aromatic N) is 3. The summed E-state index contributed by atoms with van der Waals surface area (Å²) >= 11 is 1.84. The Bertz CT molecular complexity index is 3920. The van der Waals surface area contributed by atoms with E-state index < -0.39 is 8.07 Å². The van der Waals surface area contributed by atoms with Crippen molar-refractivity contribution in [3.63, 3.8) is 0 Å². The third-order valence-corrected chi connectivity index (χ3v) is 19.4. The van der Waals surface area contributed by atoms with E-state index in [0.717, 1.165) is 60.9 Å². The Labute approximate surface area is 404 Å². The van der Waals surface area contributed by atoms with E-state index in [0.29, 0.717) is 17.5 Å². The molecule has 13 rings (SSSR count). The van der Waals surface area contributed by atoms with Crippen LogP contribution in [0.3, 0.4) is 0 Å². The summed E-state index contributed by atoms with van der Waals surface area (Å²) in [4.78, 5) is 15.9. The van der Waals surface area contributed by atoms with E-state index in [9.17, 15) is 0 Å². The van der Waals surface area contributed by atoms with E-state index in [1.807, 2.05) is 17.4 Å². The number of thiophene rings is 1. The van der Waals surface area contributed by atoms with E-state index in [1.54, 1.807) is 0 Å². The smallest absolute Gasteiger partial charge is 0.179 e. The minimum absolute atomic E-state index is 0.570. The van der Waals surface area contributed by atoms with Gasteiger partial charge in [-0.15, -0.1) is 11.3 Å². The van der Waals surface area contributed by atoms with Crippen LogP contribution in [0.2, 0.25) is 0 Å². The maximum Gasteiger partial charge on any atom is 0.179 e. The van der Waals surface area contributed by atoms with Gasteiger partial charge in [-0.05, 0) is 85.5 Å². The summed E-state index contributed by atoms with van der Waals surface area (Å²) in [6.45, 7) is 0. The molecule has 0 saturated heterocycles. The lowest BCUT2D eigenvalue weighted by Gasteiger charge is -2.34. The fourth-order valence-corrected chi connectivity index (χ4v) is 16.2. The average molecular weight is 916 g/mol. The van der Waals surface area contributed by atoms with Gasteiger partial charge < -0.3 is 4.42 Å². The molecule has 3 heterocycles. The standard InChI is InChI=1S/C63H41N3OSSi/c1-5-18-42(19-6-1)43-20-15-21-45(38-43)61-64-62(46-22-16-29-51(39-46)69(48-23-7-2-8-24-48,49-25-9-3-10-26-49)50-27-11-4-12-28-50)66-63(65-61)47-34-36-54-57(41-47)67-56-32-17-31-52(60(54)56)44-35-37-59-55(40-44)53-30-13-14-33-58(53)68-59/h1-41H. The molecule has 0 fully saturated rings. The molecule has 0 aliphatic carbocycles. The zero-order valence-corrected chi connectivity index (χ0v) is 39.1. The third kappa shape index (κ3) is 7.08. The van der Waals surface area contributed by atoms with E-state index >= 15 is 0 Å². The molecule has 0 radical (unpaired) electrons. The van der Waals surface area contributed by atoms with Gasteiger partial charge in [0.2, 0.25) is 0 Å². The number of fused-ring (bicyclic) bond motifs is 6. The minimum Gasteiger partial charge on any atom is -0.456 e. The molecule has 0 unspecified atom stereocenters. The fourth-order valence-electron chi connectivity index (χ4n) is 10.3. The molecule has 324 valence electrons. The zero-order chi connectivity index (χ0) is 45.7. The summed E-state index contributed by atoms with van der Waals surface area (Å²) in [7, 11) is -2.85. The van der Waals surface area contributed by atoms with Gasteiger partial charge in [0.25, 0.3) is 0 Å². The molecule has 3 aromatic heterocycles. The zero-order valence-electron chi connectivity index (χ0n) is 37.3. The summed E-state index contributed by atoms with van der Waals surface area (Å²) < 4.78 is 9.31. The second kappa shape index (κ2) is 17.0. The predicted molar refractivity (Wildman–Crippen MR) is 291 cm³/mol. The highest BCUT2D eigenvalue weighted by atomic mass is 32.1. The van der Waals surface area contributed by atoms with E-state index in [-0.39, 0.29) is 0 Å². The topological polar surface area (TPSA) is 51.8 Å². The summed E-state index contributed by atoms with van der Waals surface area (Å²) in [6, 6.07) is 89.0. The Morgan fingerprint density at radius 3 is 1.49 bits per heavy atom. The van der Waals surface area contributed by atoms with E-state index in [1.165, 1.54) is 40.9 Å². The molecule has 4 nitrogen and oxygen atoms in total. The van der Waals surface area contributed by atoms with Gasteiger partial charge in [0.15, 0.2) is 25.5 Å². The van der Waals surface area contributed by atoms with Crippen molar-refractivity contribution < 1.29 is 4.42 Å². The van der Waals surface area contributed by atoms with Crippen molar-refractivity contribution in [3.8, 4) is 56.4 Å². The van der Waals surface area contributed by atoms with Crippen LogP contribution in [0.1, 0.15) is 0 Å². The molecular formula is C63H41N3OSSi. The van der Waals surface area contributed by atoms with Crippen LogP contribution in [0.5, 0.6) is 0 Å². The van der Waals surface area contributed by atoms with Gasteiger partial charge in [-0.3, -0.25) is 0 Å². The van der Waals surface area contributed by atoms with Crippen molar-refractivity contribution in [1.82, 2.24) is 15.0 Å². The van der Waals surface area contributed by atoms with Gasteiger partial charge in [0.05, 0.1) is 0 Å². The molecule has 0 N–H and O–H groups in total. The first-order valence-electron chi connectivity index (χ1n) is 23.2. The second-order valence-corrected chi connectivity index (χ2v) is 22.4. The Morgan fingerprint density at radius 2 is 0.812 bits per heavy atom. The lowest BCUT2D eigenvalue weighted by Crippen LogP contribution is -2.74. The monoisotopic (exact) mass is 915 g/mol. The SMILES string of the molecule is c1ccc(-c2cccc(-c3nc(-c4cccc([Si](c5ccccc5)(c5ccccc5)c5ccccc5)c4)nc(-c4ccc5c(c4)oc4cccc(-c6ccc7sc8ccccc8c7c6)c45)n3)c2)cc1. The molecule has 0 bridgehead atoms. The normalized spacial score (nSPS) is 11.8. The largest absolute Gasteiger partial charge is 0.456 e. The highest BCUT2D eigenvalue weighted by Gasteiger charge is 2.41. The summed E-state index contributed by atoms with van der Waals surface area (Å²) in [5, 5.41) is 9.84. The Kier molecular flexibility index (Phi) is 10.00. The maximum atomic E-state index is 6.73. The first-order valence-corrected chi connectivity index (χ1v) is 26.1. The summed E-state index contributed by atoms with van der Waals surface area (Å²) in [5.41, 5.74) is 8.80. The number of furan rings is 1. The summed E-state index contributed by atoms with van der Waals surface area (Å²) in [5.74, 6) is 1.77. The highest BCUT2D eigenvalue weighted by Crippen LogP contribution is 2.41. The van der Waals surface area contributed by atoms with Crippen LogP contribution in [0.25, 0.3) is 98.5 Å². The molecule has 13 aromatic rings. The van der Waals surface area contributed by atoms with Gasteiger partial charge in [-0.1, -0.05) is 206 Å². The van der Waals surface area contributed by atoms with Crippen molar-refractivity contribution >= 4 is 82.3 Å². The molecule has 0 saturated carbocycles. The van der Waals surface area contributed by atoms with Crippen LogP contribution in [0.4, 0.5) is 0 Å². The Hall–Kier alpha value is -8.55. The van der Waals surface area contributed by atoms with Crippen molar-refractivity contribution in [3.05, 3.63) is 249 Å². The van der Waals surface area contributed by atoms with Crippen LogP contribution in [-0.2, 0) is 0 Å². The maximum absolute atomic E-state index is 6.73. The lowest BCUT2D eigenvalue weighted by atomic mass is 9.97. The summed E-state index contributed by atoms with van der Waals surface area (Å²) in [6.07, 6.45) is 0. The van der Waals surface area contributed by atoms with Crippen molar-refractivity contribution in [2.75, 3.05) is 0 Å². The quantitative estimate of drug-likeness (QED) is 0.107. The van der Waals surface area contributed by atoms with Crippen molar-refractivity contribution in [2.45, 2.75) is 0 Å². The van der Waals surface area contributed by atoms with Crippen LogP contribution >= 0.6 is 11.3 Å². The van der Waals surface area contributed by atoms with Crippen LogP contribution in [-0.4, -0.2) is 23.0 Å². The van der Waals surface area contributed by atoms with Gasteiger partial charge >= 0.3 is 0 Å². The second-order valence-electron chi connectivity index (χ2n) is 17.5. The number of hydrogen-bond acceptors (Lipinski definition) is 5. The molecule has 0 aliphatic heterocycles. The third-order valence-electron chi connectivity index (χ3n) is 13.5. The molecule has 0 amide bonds. The van der Waals surface area contributed by atoms with Gasteiger partial charge in [-0.2, -0.15) is 0 Å². The molecule has 0 aliphatic rings. The van der Waals surface area contributed by atoms with Gasteiger partial charge in [0, 0.05) is 47.6 Å². The number of aromatic nitrogens is 3. The minimum atomic E-state index is -2.85. The van der Waals surface area contributed by atoms with E-state index in [2.05, 4.69) is 243 Å². The highest BCUT2D eigenvalue weighted by molar-refractivity contribution is 7.25. The molecule has 0 spiro atoms. The first-order chi connectivity index (χ1) is 34.2. The lowest BCUT2D eigenvalue weighted by molar-refractivity contribution is 0.669. The van der Waals surface area contributed by atoms with Gasteiger partial charge in [0.1, 0.15) is 11.2 Å². The van der Waals surface area contributed by atoms with Crippen molar-refractivity contribution in [1.29, 1.82) is 0 Å². The van der Waals surface area contributed by atoms with Crippen LogP contribution in [0.15, 0.2) is 253 Å². The molecule has 10 aromatic carbocycles. The average Bonchev–Trinajstić information content (AvgIpc) is 4.00. The Balaban J connectivity index is 0.987. The number of benzene rings is 10. The molecular weight excluding hydrogens is 875 g/mol. The van der Waals surface area contributed by atoms with Crippen LogP contribution in [0, 0.1) is 0 Å². The molecule has 6 heteroatoms. The Morgan fingerprint density at radius 1 is 0.304 bits per heavy atom. The number of rotatable bonds is 9. The predicted octanol–water partition coefficient (Wildman–Crippen LogP) is 13.9. The van der Waals surface area contributed by atoms with Crippen LogP contribution < -0.4 is 20.7 Å². The van der Waals surface area contributed by atoms with Crippen molar-refractivity contribution in [2.24, 2.45) is 0 Å². The first kappa shape index (κ1) is 40.7.